The molecule has 0 amide bonds. The van der Waals surface area contributed by atoms with Gasteiger partial charge in [0.25, 0.3) is 0 Å². The molecule has 1 aromatic rings. The summed E-state index contributed by atoms with van der Waals surface area (Å²) in [6.45, 7) is 7.56. The molecule has 1 saturated heterocycles. The first kappa shape index (κ1) is 34.3. The third-order valence-corrected chi connectivity index (χ3v) is 11.1. The van der Waals surface area contributed by atoms with Crippen molar-refractivity contribution in [3.63, 3.8) is 0 Å². The molecule has 1 heterocycles. The molecule has 6 rings (SSSR count). The van der Waals surface area contributed by atoms with Gasteiger partial charge in [0.05, 0.1) is 0 Å². The van der Waals surface area contributed by atoms with Gasteiger partial charge in [-0.05, 0) is 118 Å². The fourth-order valence-electron chi connectivity index (χ4n) is 9.00. The molecule has 8 unspecified atom stereocenters. The largest absolute Gasteiger partial charge is 0.368 e. The number of carbonyl (C=O) groups is 2. The van der Waals surface area contributed by atoms with Crippen LogP contribution in [0.4, 0.5) is 0 Å². The second-order valence-corrected chi connectivity index (χ2v) is 14.0. The van der Waals surface area contributed by atoms with Crippen LogP contribution in [0.2, 0.25) is 0 Å². The maximum atomic E-state index is 12.2. The van der Waals surface area contributed by atoms with E-state index in [0.717, 1.165) is 86.4 Å². The summed E-state index contributed by atoms with van der Waals surface area (Å²) in [6.07, 6.45) is 14.5. The van der Waals surface area contributed by atoms with Crippen molar-refractivity contribution in [1.82, 2.24) is 4.13 Å². The van der Waals surface area contributed by atoms with E-state index in [9.17, 15) is 9.59 Å². The number of thiol groups is 2. The van der Waals surface area contributed by atoms with E-state index in [-0.39, 0.29) is 5.41 Å². The molecule has 3 N–H and O–H groups in total. The average molecular weight is 605 g/mol. The summed E-state index contributed by atoms with van der Waals surface area (Å²) < 4.78 is 6.97. The van der Waals surface area contributed by atoms with Crippen molar-refractivity contribution in [1.29, 1.82) is 5.41 Å². The van der Waals surface area contributed by atoms with Gasteiger partial charge in [-0.2, -0.15) is 0 Å². The summed E-state index contributed by atoms with van der Waals surface area (Å²) in [5.74, 6) is 4.04. The van der Waals surface area contributed by atoms with E-state index in [4.69, 9.17) is 15.3 Å². The van der Waals surface area contributed by atoms with Crippen molar-refractivity contribution in [3.8, 4) is 0 Å². The molecule has 8 heteroatoms. The lowest BCUT2D eigenvalue weighted by Gasteiger charge is -2.60. The van der Waals surface area contributed by atoms with Gasteiger partial charge in [0.1, 0.15) is 12.1 Å². The van der Waals surface area contributed by atoms with Gasteiger partial charge in [-0.1, -0.05) is 69.8 Å². The number of aliphatic hydroxyl groups excluding tert-OH is 1. The lowest BCUT2D eigenvalue weighted by atomic mass is 9.44. The summed E-state index contributed by atoms with van der Waals surface area (Å²) in [7, 11) is 0. The highest BCUT2D eigenvalue weighted by molar-refractivity contribution is 7.94. The van der Waals surface area contributed by atoms with Crippen LogP contribution in [0, 0.1) is 45.8 Å². The van der Waals surface area contributed by atoms with E-state index < -0.39 is 6.29 Å². The van der Waals surface area contributed by atoms with Gasteiger partial charge < -0.3 is 15.3 Å². The SMILES string of the molecule is CC(=O)C1CCC2C3CCC4CC(=N)CCC4(C)C3CCC12C.O=Cc1ccccc1.OC1CCCCO1.SNS. The zero-order chi connectivity index (χ0) is 30.0. The number of aldehydes is 1. The second kappa shape index (κ2) is 16.0. The molecule has 1 aliphatic heterocycles. The van der Waals surface area contributed by atoms with Crippen LogP contribution in [0.25, 0.3) is 0 Å². The van der Waals surface area contributed by atoms with E-state index >= 15 is 0 Å². The van der Waals surface area contributed by atoms with E-state index in [1.807, 2.05) is 25.1 Å². The van der Waals surface area contributed by atoms with Gasteiger partial charge in [-0.25, -0.2) is 4.13 Å². The molecule has 0 spiro atoms. The van der Waals surface area contributed by atoms with E-state index in [2.05, 4.69) is 43.6 Å². The zero-order valence-corrected chi connectivity index (χ0v) is 27.0. The van der Waals surface area contributed by atoms with Gasteiger partial charge in [-0.15, -0.1) is 0 Å². The molecule has 0 aromatic heterocycles. The number of aliphatic hydroxyl groups is 1. The van der Waals surface area contributed by atoms with Crippen molar-refractivity contribution in [3.05, 3.63) is 35.9 Å². The average Bonchev–Trinajstić information content (AvgIpc) is 3.33. The number of hydrogen-bond donors (Lipinski definition) is 5. The lowest BCUT2D eigenvalue weighted by Crippen LogP contribution is -2.53. The number of hydrogen-bond acceptors (Lipinski definition) is 8. The van der Waals surface area contributed by atoms with Gasteiger partial charge in [0.2, 0.25) is 0 Å². The van der Waals surface area contributed by atoms with Gasteiger partial charge in [0, 0.05) is 23.8 Å². The highest BCUT2D eigenvalue weighted by Gasteiger charge is 2.60. The van der Waals surface area contributed by atoms with E-state index in [1.54, 1.807) is 12.1 Å². The van der Waals surface area contributed by atoms with Crippen LogP contribution in [-0.2, 0) is 9.53 Å². The Morgan fingerprint density at radius 1 is 1.00 bits per heavy atom. The molecule has 6 nitrogen and oxygen atoms in total. The van der Waals surface area contributed by atoms with Crippen molar-refractivity contribution < 1.29 is 19.4 Å². The van der Waals surface area contributed by atoms with Gasteiger partial charge in [0.15, 0.2) is 6.29 Å². The molecule has 0 radical (unpaired) electrons. The van der Waals surface area contributed by atoms with Crippen LogP contribution in [-0.4, -0.2) is 35.8 Å². The lowest BCUT2D eigenvalue weighted by molar-refractivity contribution is -0.131. The Hall–Kier alpha value is -1.19. The minimum Gasteiger partial charge on any atom is -0.368 e. The Labute approximate surface area is 258 Å². The summed E-state index contributed by atoms with van der Waals surface area (Å²) in [4.78, 5) is 22.2. The fourth-order valence-corrected chi connectivity index (χ4v) is 9.00. The predicted octanol–water partition coefficient (Wildman–Crippen LogP) is 7.52. The van der Waals surface area contributed by atoms with Crippen LogP contribution >= 0.6 is 25.6 Å². The molecule has 0 bridgehead atoms. The maximum absolute atomic E-state index is 12.2. The Balaban J connectivity index is 0.000000209. The molecule has 8 atom stereocenters. The Bertz CT molecular complexity index is 989. The first-order valence-electron chi connectivity index (χ1n) is 15.5. The van der Waals surface area contributed by atoms with Crippen molar-refractivity contribution >= 4 is 43.4 Å². The highest BCUT2D eigenvalue weighted by Crippen LogP contribution is 2.67. The number of fused-ring (bicyclic) bond motifs is 5. The quantitative estimate of drug-likeness (QED) is 0.178. The third-order valence-electron chi connectivity index (χ3n) is 11.1. The molecular formula is C33H52N2O4S2. The van der Waals surface area contributed by atoms with Crippen molar-refractivity contribution in [2.45, 2.75) is 104 Å². The first-order valence-corrected chi connectivity index (χ1v) is 16.4. The first-order chi connectivity index (χ1) is 19.6. The van der Waals surface area contributed by atoms with Crippen LogP contribution in [0.5, 0.6) is 0 Å². The number of carbonyl (C=O) groups excluding carboxylic acids is 2. The van der Waals surface area contributed by atoms with Gasteiger partial charge >= 0.3 is 0 Å². The van der Waals surface area contributed by atoms with Crippen LogP contribution in [0.3, 0.4) is 0 Å². The monoisotopic (exact) mass is 604 g/mol. The van der Waals surface area contributed by atoms with E-state index in [1.165, 1.54) is 38.5 Å². The molecule has 4 saturated carbocycles. The predicted molar refractivity (Wildman–Crippen MR) is 172 cm³/mol. The molecule has 5 aliphatic rings. The Kier molecular flexibility index (Phi) is 13.4. The maximum Gasteiger partial charge on any atom is 0.154 e. The molecule has 5 fully saturated rings. The number of benzene rings is 1. The Morgan fingerprint density at radius 3 is 2.22 bits per heavy atom. The summed E-state index contributed by atoms with van der Waals surface area (Å²) >= 11 is 6.81. The molecule has 4 aliphatic carbocycles. The fraction of sp³-hybridized carbons (Fsp3) is 0.727. The minimum atomic E-state index is -0.464. The molecular weight excluding hydrogens is 553 g/mol. The van der Waals surface area contributed by atoms with Crippen molar-refractivity contribution in [2.24, 2.45) is 40.4 Å². The summed E-state index contributed by atoms with van der Waals surface area (Å²) in [5, 5.41) is 16.8. The normalized spacial score (nSPS) is 37.2. The molecule has 41 heavy (non-hydrogen) atoms. The Morgan fingerprint density at radius 2 is 1.68 bits per heavy atom. The summed E-state index contributed by atoms with van der Waals surface area (Å²) in [6, 6.07) is 9.10. The zero-order valence-electron chi connectivity index (χ0n) is 25.2. The number of rotatable bonds is 2. The number of Topliss-reactive ketones (excluding diaryl/α,β-unsaturated/α-hetero) is 1. The smallest absolute Gasteiger partial charge is 0.154 e. The number of ketones is 1. The van der Waals surface area contributed by atoms with Crippen LogP contribution < -0.4 is 4.13 Å². The van der Waals surface area contributed by atoms with Gasteiger partial charge in [-0.3, -0.25) is 9.59 Å². The number of nitrogens with one attached hydrogen (secondary N) is 2. The topological polar surface area (TPSA) is 99.5 Å². The van der Waals surface area contributed by atoms with Crippen LogP contribution in [0.15, 0.2) is 30.3 Å². The molecule has 230 valence electrons. The molecule has 1 aromatic carbocycles. The standard InChI is InChI=1S/C21H33NO.C7H6O.C5H10O2.H3NS2/c1-13(23)17-6-7-18-16-5-4-14-12-15(22)8-10-20(14,2)19(16)9-11-21(17,18)3;8-6-7-4-2-1-3-5-7;6-5-3-1-2-4-7-5;2-1-3/h14,16-19,22H,4-12H2,1-3H3;1-6H;5-6H,1-4H2;1-3H. The number of ether oxygens (including phenoxy) is 1. The summed E-state index contributed by atoms with van der Waals surface area (Å²) in [5.41, 5.74) is 2.50. The van der Waals surface area contributed by atoms with Crippen LogP contribution in [0.1, 0.15) is 108 Å². The highest BCUT2D eigenvalue weighted by atomic mass is 32.2. The second-order valence-electron chi connectivity index (χ2n) is 13.2. The van der Waals surface area contributed by atoms with E-state index in [0.29, 0.717) is 17.1 Å². The third kappa shape index (κ3) is 8.47. The minimum absolute atomic E-state index is 0.289. The van der Waals surface area contributed by atoms with Crippen molar-refractivity contribution in [2.75, 3.05) is 6.61 Å².